The van der Waals surface area contributed by atoms with Gasteiger partial charge in [-0.2, -0.15) is 0 Å². The van der Waals surface area contributed by atoms with E-state index in [1.165, 1.54) is 12.0 Å². The van der Waals surface area contributed by atoms with Crippen LogP contribution >= 0.6 is 0 Å². The molecule has 0 aromatic rings. The van der Waals surface area contributed by atoms with Crippen LogP contribution in [0.1, 0.15) is 93.4 Å². The van der Waals surface area contributed by atoms with Crippen LogP contribution in [0.3, 0.4) is 0 Å². The summed E-state index contributed by atoms with van der Waals surface area (Å²) in [5.74, 6) is 1.67. The van der Waals surface area contributed by atoms with Gasteiger partial charge >= 0.3 is 0 Å². The summed E-state index contributed by atoms with van der Waals surface area (Å²) in [4.78, 5) is 29.2. The Balaban J connectivity index is 1.64. The molecule has 184 valence electrons. The van der Waals surface area contributed by atoms with Crippen molar-refractivity contribution in [3.8, 4) is 0 Å². The van der Waals surface area contributed by atoms with Crippen molar-refractivity contribution < 1.29 is 19.1 Å². The van der Waals surface area contributed by atoms with Crippen LogP contribution < -0.4 is 0 Å². The molecule has 7 aliphatic rings. The Bertz CT molecular complexity index is 1120. The fraction of sp³-hybridized carbons (Fsp3) is 0.800. The van der Waals surface area contributed by atoms with Gasteiger partial charge in [-0.25, -0.2) is 0 Å². The number of rotatable bonds is 1. The van der Waals surface area contributed by atoms with Crippen molar-refractivity contribution >= 4 is 11.6 Å². The van der Waals surface area contributed by atoms with Gasteiger partial charge < -0.3 is 9.47 Å². The molecule has 0 radical (unpaired) electrons. The standard InChI is InChI=1S/C30H40O4/c1-16(2)22-23(32)28-12-9-19-25(4,5)10-8-11-27(19)15-29(28)18(17(3)13-21(28)31)14-20-26(6,7)33-24(22)30(20,29)34-27/h13,16,18-20H,8-12,14-15H2,1-7H3. The molecule has 0 aromatic heterocycles. The topological polar surface area (TPSA) is 52.6 Å². The van der Waals surface area contributed by atoms with Gasteiger partial charge in [-0.3, -0.25) is 9.59 Å². The Hall–Kier alpha value is -1.42. The molecule has 5 fully saturated rings. The number of ketones is 2. The third-order valence-corrected chi connectivity index (χ3v) is 12.1. The smallest absolute Gasteiger partial charge is 0.177 e. The highest BCUT2D eigenvalue weighted by Crippen LogP contribution is 2.85. The van der Waals surface area contributed by atoms with E-state index in [2.05, 4.69) is 48.5 Å². The molecule has 2 heterocycles. The van der Waals surface area contributed by atoms with Crippen LogP contribution in [-0.4, -0.2) is 28.4 Å². The van der Waals surface area contributed by atoms with Crippen molar-refractivity contribution in [1.29, 1.82) is 0 Å². The first-order valence-electron chi connectivity index (χ1n) is 13.7. The van der Waals surface area contributed by atoms with Crippen molar-refractivity contribution in [3.63, 3.8) is 0 Å². The van der Waals surface area contributed by atoms with Gasteiger partial charge in [0.15, 0.2) is 11.6 Å². The van der Waals surface area contributed by atoms with E-state index in [1.807, 2.05) is 6.08 Å². The molecular formula is C30H40O4. The second kappa shape index (κ2) is 5.76. The van der Waals surface area contributed by atoms with Gasteiger partial charge in [0.2, 0.25) is 0 Å². The lowest BCUT2D eigenvalue weighted by Gasteiger charge is -2.59. The zero-order valence-corrected chi connectivity index (χ0v) is 22.0. The molecule has 3 saturated carbocycles. The average molecular weight is 465 g/mol. The number of allylic oxidation sites excluding steroid dienone is 3. The molecular weight excluding hydrogens is 424 g/mol. The highest BCUT2D eigenvalue weighted by Gasteiger charge is 2.91. The third kappa shape index (κ3) is 1.87. The second-order valence-corrected chi connectivity index (χ2v) is 14.4. The predicted molar refractivity (Wildman–Crippen MR) is 129 cm³/mol. The molecule has 3 spiro atoms. The average Bonchev–Trinajstić information content (AvgIpc) is 3.18. The number of ether oxygens (including phenoxy) is 2. The van der Waals surface area contributed by atoms with E-state index in [9.17, 15) is 9.59 Å². The summed E-state index contributed by atoms with van der Waals surface area (Å²) in [5.41, 5.74) is -0.831. The molecule has 7 rings (SSSR count). The fourth-order valence-electron chi connectivity index (χ4n) is 11.1. The van der Waals surface area contributed by atoms with Crippen LogP contribution in [0, 0.1) is 39.9 Å². The van der Waals surface area contributed by atoms with E-state index in [-0.39, 0.29) is 40.3 Å². The number of carbonyl (C=O) groups excluding carboxylic acids is 2. The van der Waals surface area contributed by atoms with Gasteiger partial charge in [-0.1, -0.05) is 39.7 Å². The normalized spacial score (nSPS) is 51.2. The van der Waals surface area contributed by atoms with E-state index >= 15 is 0 Å². The van der Waals surface area contributed by atoms with Crippen LogP contribution in [0.5, 0.6) is 0 Å². The Labute approximate surface area is 203 Å². The van der Waals surface area contributed by atoms with Gasteiger partial charge in [-0.05, 0) is 88.5 Å². The number of carbonyl (C=O) groups is 2. The summed E-state index contributed by atoms with van der Waals surface area (Å²) in [5, 5.41) is 0. The Morgan fingerprint density at radius 1 is 1.03 bits per heavy atom. The molecule has 2 bridgehead atoms. The van der Waals surface area contributed by atoms with Crippen LogP contribution in [0.4, 0.5) is 0 Å². The monoisotopic (exact) mass is 464 g/mol. The lowest BCUT2D eigenvalue weighted by atomic mass is 9.41. The lowest BCUT2D eigenvalue weighted by Crippen LogP contribution is -2.68. The minimum absolute atomic E-state index is 0.00155. The highest BCUT2D eigenvalue weighted by atomic mass is 16.6. The van der Waals surface area contributed by atoms with E-state index in [0.717, 1.165) is 43.4 Å². The largest absolute Gasteiger partial charge is 0.488 e. The fourth-order valence-corrected chi connectivity index (χ4v) is 11.1. The zero-order valence-electron chi connectivity index (χ0n) is 22.0. The van der Waals surface area contributed by atoms with Crippen LogP contribution in [0.15, 0.2) is 23.0 Å². The maximum Gasteiger partial charge on any atom is 0.177 e. The van der Waals surface area contributed by atoms with Gasteiger partial charge in [-0.15, -0.1) is 0 Å². The molecule has 5 aliphatic carbocycles. The summed E-state index contributed by atoms with van der Waals surface area (Å²) in [6, 6.07) is 0. The number of hydrogen-bond acceptors (Lipinski definition) is 4. The maximum absolute atomic E-state index is 14.8. The molecule has 2 saturated heterocycles. The Kier molecular flexibility index (Phi) is 3.70. The van der Waals surface area contributed by atoms with E-state index < -0.39 is 22.0 Å². The van der Waals surface area contributed by atoms with Gasteiger partial charge in [0.05, 0.1) is 5.60 Å². The van der Waals surface area contributed by atoms with Crippen molar-refractivity contribution in [2.75, 3.05) is 0 Å². The van der Waals surface area contributed by atoms with Gasteiger partial charge in [0, 0.05) is 16.9 Å². The summed E-state index contributed by atoms with van der Waals surface area (Å²) in [6.07, 6.45) is 8.59. The molecule has 0 N–H and O–H groups in total. The highest BCUT2D eigenvalue weighted by molar-refractivity contribution is 6.21. The van der Waals surface area contributed by atoms with Crippen LogP contribution in [0.2, 0.25) is 0 Å². The van der Waals surface area contributed by atoms with Crippen LogP contribution in [0.25, 0.3) is 0 Å². The first kappa shape index (κ1) is 21.8. The van der Waals surface area contributed by atoms with Gasteiger partial charge in [0.1, 0.15) is 22.4 Å². The quantitative estimate of drug-likeness (QED) is 0.450. The third-order valence-electron chi connectivity index (χ3n) is 12.1. The molecule has 2 aliphatic heterocycles. The van der Waals surface area contributed by atoms with Crippen molar-refractivity contribution in [2.45, 2.75) is 110 Å². The molecule has 7 unspecified atom stereocenters. The lowest BCUT2D eigenvalue weighted by molar-refractivity contribution is -0.207. The molecule has 34 heavy (non-hydrogen) atoms. The Morgan fingerprint density at radius 3 is 2.47 bits per heavy atom. The van der Waals surface area contributed by atoms with E-state index in [1.54, 1.807) is 0 Å². The summed E-state index contributed by atoms with van der Waals surface area (Å²) >= 11 is 0. The molecule has 7 atom stereocenters. The molecule has 4 heteroatoms. The SMILES string of the molecule is CC1=CC(=O)C23CCC4C(C)(C)CCCC45CC24C1CC1C(C)(C)OC(=C(C(C)C)C3=O)C14O5. The Morgan fingerprint density at radius 2 is 1.76 bits per heavy atom. The van der Waals surface area contributed by atoms with Gasteiger partial charge in [0.25, 0.3) is 0 Å². The van der Waals surface area contributed by atoms with Crippen molar-refractivity contribution in [2.24, 2.45) is 39.9 Å². The van der Waals surface area contributed by atoms with E-state index in [0.29, 0.717) is 12.3 Å². The first-order valence-corrected chi connectivity index (χ1v) is 13.7. The van der Waals surface area contributed by atoms with E-state index in [4.69, 9.17) is 9.47 Å². The first-order chi connectivity index (χ1) is 15.8. The molecule has 0 aromatic carbocycles. The number of Topliss-reactive ketones (excluding diaryl/α,β-unsaturated/α-hetero) is 1. The summed E-state index contributed by atoms with van der Waals surface area (Å²) in [7, 11) is 0. The summed E-state index contributed by atoms with van der Waals surface area (Å²) in [6.45, 7) is 15.5. The zero-order chi connectivity index (χ0) is 24.3. The molecule has 4 nitrogen and oxygen atoms in total. The summed E-state index contributed by atoms with van der Waals surface area (Å²) < 4.78 is 14.6. The predicted octanol–water partition coefficient (Wildman–Crippen LogP) is 5.94. The minimum Gasteiger partial charge on any atom is -0.488 e. The van der Waals surface area contributed by atoms with Crippen molar-refractivity contribution in [3.05, 3.63) is 23.0 Å². The maximum atomic E-state index is 14.8. The minimum atomic E-state index is -1.00. The number of hydrogen-bond donors (Lipinski definition) is 0. The molecule has 0 amide bonds. The van der Waals surface area contributed by atoms with Crippen molar-refractivity contribution in [1.82, 2.24) is 0 Å². The van der Waals surface area contributed by atoms with Crippen LogP contribution in [-0.2, 0) is 19.1 Å². The second-order valence-electron chi connectivity index (χ2n) is 14.4.